The monoisotopic (exact) mass is 291 g/mol. The molecule has 0 aliphatic heterocycles. The van der Waals surface area contributed by atoms with E-state index in [1.165, 1.54) is 23.3 Å². The number of hydrogen-bond donors (Lipinski definition) is 1. The van der Waals surface area contributed by atoms with Gasteiger partial charge in [0.2, 0.25) is 0 Å². The zero-order valence-electron chi connectivity index (χ0n) is 11.4. The number of nitrogens with two attached hydrogens (primary N) is 1. The van der Waals surface area contributed by atoms with Crippen molar-refractivity contribution in [1.82, 2.24) is 9.97 Å². The molecular weight excluding hydrogens is 274 g/mol. The Bertz CT molecular complexity index is 666. The molecule has 106 valence electrons. The Hall–Kier alpha value is -1.69. The predicted molar refractivity (Wildman–Crippen MR) is 78.8 cm³/mol. The van der Waals surface area contributed by atoms with E-state index in [1.54, 1.807) is 18.3 Å². The fourth-order valence-corrected chi connectivity index (χ4v) is 3.94. The predicted octanol–water partition coefficient (Wildman–Crippen LogP) is 2.26. The molecule has 0 amide bonds. The summed E-state index contributed by atoms with van der Waals surface area (Å²) in [5.74, 6) is 0.633. The summed E-state index contributed by atoms with van der Waals surface area (Å²) in [5, 5.41) is 0.998. The van der Waals surface area contributed by atoms with Gasteiger partial charge in [-0.3, -0.25) is 4.79 Å². The highest BCUT2D eigenvalue weighted by atomic mass is 32.1. The average Bonchev–Trinajstić information content (AvgIpc) is 2.77. The third-order valence-electron chi connectivity index (χ3n) is 3.50. The van der Waals surface area contributed by atoms with Gasteiger partial charge in [0.25, 0.3) is 0 Å². The van der Waals surface area contributed by atoms with Crippen LogP contribution in [0.2, 0.25) is 0 Å². The summed E-state index contributed by atoms with van der Waals surface area (Å²) >= 11 is 1.69. The number of thiophene rings is 1. The summed E-state index contributed by atoms with van der Waals surface area (Å²) < 4.78 is 4.92. The van der Waals surface area contributed by atoms with E-state index in [0.29, 0.717) is 18.2 Å². The van der Waals surface area contributed by atoms with Gasteiger partial charge >= 0.3 is 5.97 Å². The lowest BCUT2D eigenvalue weighted by Crippen LogP contribution is -2.11. The number of fused-ring (bicyclic) bond motifs is 3. The van der Waals surface area contributed by atoms with Crippen LogP contribution in [0.25, 0.3) is 10.2 Å². The second kappa shape index (κ2) is 5.36. The fourth-order valence-electron chi connectivity index (χ4n) is 2.65. The van der Waals surface area contributed by atoms with E-state index in [1.807, 2.05) is 0 Å². The molecule has 0 radical (unpaired) electrons. The Balaban J connectivity index is 1.99. The van der Waals surface area contributed by atoms with Crippen LogP contribution in [-0.4, -0.2) is 22.5 Å². The zero-order chi connectivity index (χ0) is 14.1. The first kappa shape index (κ1) is 13.3. The number of nitrogen functional groups attached to an aromatic ring is 1. The Morgan fingerprint density at radius 2 is 2.15 bits per heavy atom. The molecule has 6 heteroatoms. The van der Waals surface area contributed by atoms with Gasteiger partial charge in [0, 0.05) is 4.88 Å². The van der Waals surface area contributed by atoms with Gasteiger partial charge in [-0.2, -0.15) is 0 Å². The van der Waals surface area contributed by atoms with Crippen LogP contribution in [0.15, 0.2) is 0 Å². The molecule has 0 aromatic carbocycles. The van der Waals surface area contributed by atoms with Crippen LogP contribution in [0.5, 0.6) is 0 Å². The van der Waals surface area contributed by atoms with Crippen molar-refractivity contribution >= 4 is 33.3 Å². The zero-order valence-corrected chi connectivity index (χ0v) is 12.3. The fraction of sp³-hybridized carbons (Fsp3) is 0.500. The van der Waals surface area contributed by atoms with E-state index in [2.05, 4.69) is 9.97 Å². The summed E-state index contributed by atoms with van der Waals surface area (Å²) in [7, 11) is 0. The number of aromatic nitrogens is 2. The number of nitrogens with zero attached hydrogens (tertiary/aromatic N) is 2. The van der Waals surface area contributed by atoms with Crippen molar-refractivity contribution in [2.75, 3.05) is 12.3 Å². The molecule has 2 heterocycles. The maximum atomic E-state index is 11.5. The third kappa shape index (κ3) is 2.35. The number of ether oxygens (including phenoxy) is 1. The number of carbonyl (C=O) groups excluding carboxylic acids is 1. The molecule has 1 aliphatic rings. The normalized spacial score (nSPS) is 14.2. The van der Waals surface area contributed by atoms with Crippen molar-refractivity contribution in [1.29, 1.82) is 0 Å². The van der Waals surface area contributed by atoms with Gasteiger partial charge in [0.05, 0.1) is 12.0 Å². The molecular formula is C14H17N3O2S. The standard InChI is InChI=1S/C14H17N3O2S/c1-2-19-11(18)7-10-16-13(15)12-8-5-3-4-6-9(8)20-14(12)17-10/h2-7H2,1H3,(H2,15,16,17). The van der Waals surface area contributed by atoms with Gasteiger partial charge in [0.15, 0.2) is 0 Å². The maximum Gasteiger partial charge on any atom is 0.313 e. The second-order valence-corrected chi connectivity index (χ2v) is 5.98. The molecule has 0 bridgehead atoms. The SMILES string of the molecule is CCOC(=O)Cc1nc(N)c2c3c(sc2n1)CCCC3. The maximum absolute atomic E-state index is 11.5. The molecule has 0 saturated carbocycles. The van der Waals surface area contributed by atoms with Crippen LogP contribution in [0.1, 0.15) is 36.0 Å². The van der Waals surface area contributed by atoms with E-state index in [0.717, 1.165) is 23.1 Å². The lowest BCUT2D eigenvalue weighted by atomic mass is 9.97. The van der Waals surface area contributed by atoms with E-state index in [9.17, 15) is 4.79 Å². The van der Waals surface area contributed by atoms with Gasteiger partial charge in [-0.25, -0.2) is 9.97 Å². The van der Waals surface area contributed by atoms with Gasteiger partial charge in [-0.05, 0) is 38.2 Å². The third-order valence-corrected chi connectivity index (χ3v) is 4.68. The van der Waals surface area contributed by atoms with Crippen molar-refractivity contribution in [2.45, 2.75) is 39.0 Å². The molecule has 2 aromatic rings. The van der Waals surface area contributed by atoms with Crippen molar-refractivity contribution in [3.63, 3.8) is 0 Å². The van der Waals surface area contributed by atoms with Crippen molar-refractivity contribution in [2.24, 2.45) is 0 Å². The first-order valence-corrected chi connectivity index (χ1v) is 7.73. The van der Waals surface area contributed by atoms with E-state index >= 15 is 0 Å². The molecule has 20 heavy (non-hydrogen) atoms. The average molecular weight is 291 g/mol. The number of esters is 1. The van der Waals surface area contributed by atoms with Crippen LogP contribution < -0.4 is 5.73 Å². The summed E-state index contributed by atoms with van der Waals surface area (Å²) in [6.07, 6.45) is 4.66. The molecule has 3 rings (SSSR count). The van der Waals surface area contributed by atoms with Gasteiger partial charge in [0.1, 0.15) is 22.9 Å². The highest BCUT2D eigenvalue weighted by molar-refractivity contribution is 7.19. The Morgan fingerprint density at radius 3 is 2.95 bits per heavy atom. The van der Waals surface area contributed by atoms with Crippen molar-refractivity contribution in [3.8, 4) is 0 Å². The van der Waals surface area contributed by atoms with Crippen molar-refractivity contribution in [3.05, 3.63) is 16.3 Å². The molecule has 0 saturated heterocycles. The quantitative estimate of drug-likeness (QED) is 0.878. The van der Waals surface area contributed by atoms with Crippen LogP contribution in [-0.2, 0) is 28.8 Å². The topological polar surface area (TPSA) is 78.1 Å². The van der Waals surface area contributed by atoms with Crippen LogP contribution in [0.3, 0.4) is 0 Å². The molecule has 0 unspecified atom stereocenters. The van der Waals surface area contributed by atoms with Gasteiger partial charge in [-0.15, -0.1) is 11.3 Å². The number of rotatable bonds is 3. The highest BCUT2D eigenvalue weighted by Gasteiger charge is 2.20. The summed E-state index contributed by atoms with van der Waals surface area (Å²) in [5.41, 5.74) is 7.39. The van der Waals surface area contributed by atoms with Crippen molar-refractivity contribution < 1.29 is 9.53 Å². The Labute approximate surface area is 121 Å². The van der Waals surface area contributed by atoms with Crippen LogP contribution in [0, 0.1) is 0 Å². The number of anilines is 1. The summed E-state index contributed by atoms with van der Waals surface area (Å²) in [6.45, 7) is 2.15. The minimum Gasteiger partial charge on any atom is -0.466 e. The minimum atomic E-state index is -0.312. The van der Waals surface area contributed by atoms with E-state index in [-0.39, 0.29) is 12.4 Å². The summed E-state index contributed by atoms with van der Waals surface area (Å²) in [4.78, 5) is 22.6. The molecule has 0 spiro atoms. The van der Waals surface area contributed by atoms with Crippen LogP contribution in [0.4, 0.5) is 5.82 Å². The first-order valence-electron chi connectivity index (χ1n) is 6.91. The van der Waals surface area contributed by atoms with Gasteiger partial charge < -0.3 is 10.5 Å². The minimum absolute atomic E-state index is 0.0799. The number of hydrogen-bond acceptors (Lipinski definition) is 6. The lowest BCUT2D eigenvalue weighted by molar-refractivity contribution is -0.142. The van der Waals surface area contributed by atoms with E-state index < -0.39 is 0 Å². The molecule has 0 fully saturated rings. The van der Waals surface area contributed by atoms with E-state index in [4.69, 9.17) is 10.5 Å². The Morgan fingerprint density at radius 1 is 1.35 bits per heavy atom. The van der Waals surface area contributed by atoms with Gasteiger partial charge in [-0.1, -0.05) is 0 Å². The molecule has 0 atom stereocenters. The highest BCUT2D eigenvalue weighted by Crippen LogP contribution is 2.37. The molecule has 1 aliphatic carbocycles. The summed E-state index contributed by atoms with van der Waals surface area (Å²) in [6, 6.07) is 0. The molecule has 5 nitrogen and oxygen atoms in total. The second-order valence-electron chi connectivity index (χ2n) is 4.90. The van der Waals surface area contributed by atoms with Crippen LogP contribution >= 0.6 is 11.3 Å². The molecule has 2 N–H and O–H groups in total. The number of carbonyl (C=O) groups is 1. The lowest BCUT2D eigenvalue weighted by Gasteiger charge is -2.10. The Kier molecular flexibility index (Phi) is 3.56. The largest absolute Gasteiger partial charge is 0.466 e. The smallest absolute Gasteiger partial charge is 0.313 e. The first-order chi connectivity index (χ1) is 9.69. The molecule has 2 aromatic heterocycles. The number of aryl methyl sites for hydroxylation is 2.